The number of pyridine rings is 2. The quantitative estimate of drug-likeness (QED) is 0.527. The van der Waals surface area contributed by atoms with Gasteiger partial charge in [-0.25, -0.2) is 4.98 Å². The fourth-order valence-electron chi connectivity index (χ4n) is 2.01. The highest BCUT2D eigenvalue weighted by atomic mass is 32.2. The molecule has 0 aliphatic heterocycles. The van der Waals surface area contributed by atoms with Crippen molar-refractivity contribution in [3.05, 3.63) is 36.8 Å². The topological polar surface area (TPSA) is 87.0 Å². The van der Waals surface area contributed by atoms with Gasteiger partial charge in [0.15, 0.2) is 0 Å². The van der Waals surface area contributed by atoms with E-state index in [9.17, 15) is 21.6 Å². The second kappa shape index (κ2) is 5.44. The molecule has 3 rings (SSSR count). The molecule has 126 valence electrons. The van der Waals surface area contributed by atoms with Gasteiger partial charge in [0.25, 0.3) is 0 Å². The Labute approximate surface area is 133 Å². The minimum absolute atomic E-state index is 0.195. The number of hydrogen-bond acceptors (Lipinski definition) is 6. The normalized spacial score (nSPS) is 12.5. The van der Waals surface area contributed by atoms with E-state index >= 15 is 0 Å². The monoisotopic (exact) mass is 358 g/mol. The standard InChI is InChI=1S/C13H9F3N4O3S/c1-20-7-8(6-18-20)9-4-5-17-10-2-3-11(19-12(9)10)23-24(21,22)13(14,15)16/h2-7H,1H3. The van der Waals surface area contributed by atoms with Gasteiger partial charge in [0.2, 0.25) is 5.88 Å². The number of hydrogen-bond donors (Lipinski definition) is 0. The summed E-state index contributed by atoms with van der Waals surface area (Å²) >= 11 is 0. The summed E-state index contributed by atoms with van der Waals surface area (Å²) in [5, 5.41) is 4.01. The number of fused-ring (bicyclic) bond motifs is 1. The second-order valence-electron chi connectivity index (χ2n) is 4.76. The average Bonchev–Trinajstić information content (AvgIpc) is 2.91. The molecule has 0 unspecified atom stereocenters. The van der Waals surface area contributed by atoms with Crippen LogP contribution in [0.3, 0.4) is 0 Å². The Bertz CT molecular complexity index is 1010. The summed E-state index contributed by atoms with van der Waals surface area (Å²) in [6, 6.07) is 3.92. The largest absolute Gasteiger partial charge is 0.534 e. The zero-order chi connectivity index (χ0) is 17.5. The van der Waals surface area contributed by atoms with Crippen LogP contribution in [0.5, 0.6) is 5.88 Å². The van der Waals surface area contributed by atoms with E-state index in [2.05, 4.69) is 19.2 Å². The zero-order valence-electron chi connectivity index (χ0n) is 12.0. The van der Waals surface area contributed by atoms with E-state index in [1.165, 1.54) is 23.1 Å². The molecule has 0 saturated carbocycles. The van der Waals surface area contributed by atoms with E-state index in [-0.39, 0.29) is 5.52 Å². The van der Waals surface area contributed by atoms with Crippen molar-refractivity contribution in [1.82, 2.24) is 19.7 Å². The smallest absolute Gasteiger partial charge is 0.355 e. The van der Waals surface area contributed by atoms with E-state index in [4.69, 9.17) is 0 Å². The molecule has 0 radical (unpaired) electrons. The van der Waals surface area contributed by atoms with E-state index < -0.39 is 21.5 Å². The fourth-order valence-corrected chi connectivity index (χ4v) is 2.42. The predicted octanol–water partition coefficient (Wildman–Crippen LogP) is 2.26. The molecule has 0 atom stereocenters. The number of halogens is 3. The van der Waals surface area contributed by atoms with Gasteiger partial charge < -0.3 is 4.18 Å². The molecule has 11 heteroatoms. The van der Waals surface area contributed by atoms with Crippen LogP contribution in [-0.2, 0) is 17.2 Å². The molecular formula is C13H9F3N4O3S. The lowest BCUT2D eigenvalue weighted by Gasteiger charge is -2.09. The first-order valence-electron chi connectivity index (χ1n) is 6.43. The van der Waals surface area contributed by atoms with Crippen molar-refractivity contribution < 1.29 is 25.8 Å². The van der Waals surface area contributed by atoms with Gasteiger partial charge >= 0.3 is 15.6 Å². The Balaban J connectivity index is 2.11. The molecule has 0 amide bonds. The first-order valence-corrected chi connectivity index (χ1v) is 7.84. The molecule has 0 N–H and O–H groups in total. The van der Waals surface area contributed by atoms with Crippen molar-refractivity contribution in [2.75, 3.05) is 0 Å². The highest BCUT2D eigenvalue weighted by Crippen LogP contribution is 2.30. The summed E-state index contributed by atoms with van der Waals surface area (Å²) in [4.78, 5) is 7.90. The lowest BCUT2D eigenvalue weighted by atomic mass is 10.1. The minimum atomic E-state index is -5.79. The third kappa shape index (κ3) is 2.89. The molecule has 0 bridgehead atoms. The summed E-state index contributed by atoms with van der Waals surface area (Å²) in [5.41, 5.74) is -3.80. The third-order valence-electron chi connectivity index (χ3n) is 3.05. The molecule has 3 aromatic heterocycles. The highest BCUT2D eigenvalue weighted by molar-refractivity contribution is 7.87. The molecule has 0 fully saturated rings. The van der Waals surface area contributed by atoms with Gasteiger partial charge in [-0.3, -0.25) is 9.67 Å². The Morgan fingerprint density at radius 1 is 1.21 bits per heavy atom. The second-order valence-corrected chi connectivity index (χ2v) is 6.30. The number of aryl methyl sites for hydroxylation is 1. The molecule has 7 nitrogen and oxygen atoms in total. The Hall–Kier alpha value is -2.69. The number of aromatic nitrogens is 4. The average molecular weight is 358 g/mol. The van der Waals surface area contributed by atoms with Crippen molar-refractivity contribution in [3.63, 3.8) is 0 Å². The summed E-state index contributed by atoms with van der Waals surface area (Å²) in [6.45, 7) is 0. The van der Waals surface area contributed by atoms with Gasteiger partial charge in [-0.1, -0.05) is 0 Å². The molecule has 24 heavy (non-hydrogen) atoms. The van der Waals surface area contributed by atoms with Gasteiger partial charge in [-0.2, -0.15) is 26.7 Å². The maximum Gasteiger partial charge on any atom is 0.534 e. The number of nitrogens with zero attached hydrogens (tertiary/aromatic N) is 4. The molecule has 0 aliphatic rings. The van der Waals surface area contributed by atoms with Gasteiger partial charge in [-0.05, 0) is 12.1 Å². The number of rotatable bonds is 3. The van der Waals surface area contributed by atoms with Gasteiger partial charge in [0.05, 0.1) is 11.7 Å². The molecule has 3 heterocycles. The van der Waals surface area contributed by atoms with Crippen LogP contribution in [0.25, 0.3) is 22.2 Å². The van der Waals surface area contributed by atoms with Crippen LogP contribution in [0.4, 0.5) is 13.2 Å². The van der Waals surface area contributed by atoms with Crippen LogP contribution in [-0.4, -0.2) is 33.7 Å². The third-order valence-corrected chi connectivity index (χ3v) is 4.01. The summed E-state index contributed by atoms with van der Waals surface area (Å²) in [6.07, 6.45) is 4.71. The van der Waals surface area contributed by atoms with Crippen LogP contribution < -0.4 is 4.18 Å². The first-order chi connectivity index (χ1) is 11.2. The minimum Gasteiger partial charge on any atom is -0.355 e. The van der Waals surface area contributed by atoms with E-state index in [0.29, 0.717) is 16.6 Å². The van der Waals surface area contributed by atoms with Crippen LogP contribution in [0.1, 0.15) is 0 Å². The zero-order valence-corrected chi connectivity index (χ0v) is 12.8. The van der Waals surface area contributed by atoms with E-state index in [1.807, 2.05) is 0 Å². The summed E-state index contributed by atoms with van der Waals surface area (Å²) < 4.78 is 65.0. The van der Waals surface area contributed by atoms with E-state index in [1.54, 1.807) is 19.3 Å². The summed E-state index contributed by atoms with van der Waals surface area (Å²) in [5.74, 6) is -0.696. The first kappa shape index (κ1) is 16.2. The maximum absolute atomic E-state index is 12.4. The van der Waals surface area contributed by atoms with Crippen LogP contribution in [0.2, 0.25) is 0 Å². The molecular weight excluding hydrogens is 349 g/mol. The van der Waals surface area contributed by atoms with Gasteiger partial charge in [0.1, 0.15) is 5.52 Å². The van der Waals surface area contributed by atoms with Crippen molar-refractivity contribution >= 4 is 21.2 Å². The Morgan fingerprint density at radius 3 is 2.58 bits per heavy atom. The van der Waals surface area contributed by atoms with Gasteiger partial charge in [0, 0.05) is 36.6 Å². The van der Waals surface area contributed by atoms with Crippen LogP contribution >= 0.6 is 0 Å². The van der Waals surface area contributed by atoms with Crippen molar-refractivity contribution in [1.29, 1.82) is 0 Å². The molecule has 0 aliphatic carbocycles. The van der Waals surface area contributed by atoms with Crippen LogP contribution in [0.15, 0.2) is 36.8 Å². The maximum atomic E-state index is 12.4. The predicted molar refractivity (Wildman–Crippen MR) is 77.3 cm³/mol. The van der Waals surface area contributed by atoms with Crippen LogP contribution in [0, 0.1) is 0 Å². The SMILES string of the molecule is Cn1cc(-c2ccnc3ccc(OS(=O)(=O)C(F)(F)F)nc23)cn1. The Kier molecular flexibility index (Phi) is 3.67. The molecule has 3 aromatic rings. The van der Waals surface area contributed by atoms with Crippen molar-refractivity contribution in [2.45, 2.75) is 5.51 Å². The molecule has 0 saturated heterocycles. The van der Waals surface area contributed by atoms with E-state index in [0.717, 1.165) is 6.07 Å². The number of alkyl halides is 3. The lowest BCUT2D eigenvalue weighted by molar-refractivity contribution is -0.0501. The molecule has 0 aromatic carbocycles. The fraction of sp³-hybridized carbons (Fsp3) is 0.154. The molecule has 0 spiro atoms. The summed E-state index contributed by atoms with van der Waals surface area (Å²) in [7, 11) is -4.09. The lowest BCUT2D eigenvalue weighted by Crippen LogP contribution is -2.28. The van der Waals surface area contributed by atoms with Crippen molar-refractivity contribution in [2.24, 2.45) is 7.05 Å². The highest BCUT2D eigenvalue weighted by Gasteiger charge is 2.48. The van der Waals surface area contributed by atoms with Gasteiger partial charge in [-0.15, -0.1) is 0 Å². The Morgan fingerprint density at radius 2 is 1.96 bits per heavy atom. The van der Waals surface area contributed by atoms with Crippen molar-refractivity contribution in [3.8, 4) is 17.0 Å².